The monoisotopic (exact) mass is 329 g/mol. The summed E-state index contributed by atoms with van der Waals surface area (Å²) in [5, 5.41) is 2.89. The highest BCUT2D eigenvalue weighted by molar-refractivity contribution is 5.76. The second-order valence-corrected chi connectivity index (χ2v) is 5.19. The Kier molecular flexibility index (Phi) is 6.95. The van der Waals surface area contributed by atoms with Crippen molar-refractivity contribution in [1.82, 2.24) is 5.32 Å². The first kappa shape index (κ1) is 17.7. The van der Waals surface area contributed by atoms with Crippen LogP contribution < -0.4 is 19.5 Å². The van der Waals surface area contributed by atoms with Gasteiger partial charge in [-0.25, -0.2) is 0 Å². The topological polar surface area (TPSA) is 56.8 Å². The van der Waals surface area contributed by atoms with Crippen molar-refractivity contribution in [1.29, 1.82) is 0 Å². The van der Waals surface area contributed by atoms with Crippen LogP contribution in [-0.4, -0.2) is 33.3 Å². The molecule has 0 aliphatic heterocycles. The fraction of sp³-hybridized carbons (Fsp3) is 0.316. The zero-order chi connectivity index (χ0) is 17.2. The van der Waals surface area contributed by atoms with Gasteiger partial charge in [-0.05, 0) is 42.3 Å². The molecule has 2 aromatic carbocycles. The molecule has 5 heteroatoms. The summed E-state index contributed by atoms with van der Waals surface area (Å²) in [6.07, 6.45) is 1.05. The standard InChI is InChI=1S/C19H23NO4/c1-22-16-7-9-17(10-8-16)24-14-12-19(21)20-13-11-15-5-3-4-6-18(15)23-2/h3-10H,11-14H2,1-2H3,(H,20,21). The van der Waals surface area contributed by atoms with Crippen LogP contribution in [0.1, 0.15) is 12.0 Å². The van der Waals surface area contributed by atoms with Crippen molar-refractivity contribution in [2.24, 2.45) is 0 Å². The van der Waals surface area contributed by atoms with Crippen LogP contribution in [0.15, 0.2) is 48.5 Å². The van der Waals surface area contributed by atoms with Gasteiger partial charge in [-0.3, -0.25) is 4.79 Å². The summed E-state index contributed by atoms with van der Waals surface area (Å²) < 4.78 is 15.9. The van der Waals surface area contributed by atoms with Gasteiger partial charge in [-0.1, -0.05) is 18.2 Å². The number of carbonyl (C=O) groups excluding carboxylic acids is 1. The average molecular weight is 329 g/mol. The summed E-state index contributed by atoms with van der Waals surface area (Å²) in [6, 6.07) is 15.1. The molecule has 5 nitrogen and oxygen atoms in total. The molecular weight excluding hydrogens is 306 g/mol. The molecule has 2 aromatic rings. The minimum Gasteiger partial charge on any atom is -0.497 e. The van der Waals surface area contributed by atoms with Gasteiger partial charge in [0.25, 0.3) is 0 Å². The number of para-hydroxylation sites is 1. The van der Waals surface area contributed by atoms with Crippen molar-refractivity contribution >= 4 is 5.91 Å². The minimum atomic E-state index is -0.0293. The van der Waals surface area contributed by atoms with Crippen molar-refractivity contribution in [3.8, 4) is 17.2 Å². The number of methoxy groups -OCH3 is 2. The predicted octanol–water partition coefficient (Wildman–Crippen LogP) is 2.83. The summed E-state index contributed by atoms with van der Waals surface area (Å²) in [6.45, 7) is 0.911. The molecule has 0 aliphatic carbocycles. The van der Waals surface area contributed by atoms with Crippen LogP contribution in [0.2, 0.25) is 0 Å². The number of hydrogen-bond acceptors (Lipinski definition) is 4. The third-order valence-corrected chi connectivity index (χ3v) is 3.57. The number of ether oxygens (including phenoxy) is 3. The molecule has 1 N–H and O–H groups in total. The van der Waals surface area contributed by atoms with Crippen LogP contribution in [0.3, 0.4) is 0 Å². The van der Waals surface area contributed by atoms with E-state index in [-0.39, 0.29) is 5.91 Å². The molecule has 0 unspecified atom stereocenters. The first-order chi connectivity index (χ1) is 11.7. The van der Waals surface area contributed by atoms with Crippen LogP contribution in [0.5, 0.6) is 17.2 Å². The van der Waals surface area contributed by atoms with E-state index in [1.165, 1.54) is 0 Å². The Balaban J connectivity index is 1.66. The zero-order valence-corrected chi connectivity index (χ0v) is 14.1. The van der Waals surface area contributed by atoms with Gasteiger partial charge in [0.1, 0.15) is 17.2 Å². The molecule has 0 saturated heterocycles. The van der Waals surface area contributed by atoms with E-state index < -0.39 is 0 Å². The molecule has 24 heavy (non-hydrogen) atoms. The van der Waals surface area contributed by atoms with Crippen LogP contribution in [0.25, 0.3) is 0 Å². The van der Waals surface area contributed by atoms with Crippen molar-refractivity contribution < 1.29 is 19.0 Å². The van der Waals surface area contributed by atoms with E-state index in [0.717, 1.165) is 29.2 Å². The van der Waals surface area contributed by atoms with Gasteiger partial charge in [-0.2, -0.15) is 0 Å². The Labute approximate surface area is 142 Å². The lowest BCUT2D eigenvalue weighted by molar-refractivity contribution is -0.121. The number of amides is 1. The summed E-state index contributed by atoms with van der Waals surface area (Å²) in [5.41, 5.74) is 1.08. The molecule has 0 aliphatic rings. The maximum absolute atomic E-state index is 11.8. The summed E-state index contributed by atoms with van der Waals surface area (Å²) in [7, 11) is 3.26. The highest BCUT2D eigenvalue weighted by atomic mass is 16.5. The van der Waals surface area contributed by atoms with E-state index >= 15 is 0 Å². The molecule has 2 rings (SSSR count). The lowest BCUT2D eigenvalue weighted by Gasteiger charge is -2.10. The van der Waals surface area contributed by atoms with Crippen LogP contribution in [-0.2, 0) is 11.2 Å². The Morgan fingerprint density at radius 2 is 1.67 bits per heavy atom. The first-order valence-corrected chi connectivity index (χ1v) is 7.88. The molecule has 0 radical (unpaired) electrons. The van der Waals surface area contributed by atoms with E-state index in [2.05, 4.69) is 5.32 Å². The highest BCUT2D eigenvalue weighted by Crippen LogP contribution is 2.18. The lowest BCUT2D eigenvalue weighted by Crippen LogP contribution is -2.27. The maximum atomic E-state index is 11.8. The van der Waals surface area contributed by atoms with Gasteiger partial charge in [0.2, 0.25) is 5.91 Å². The predicted molar refractivity (Wildman–Crippen MR) is 92.8 cm³/mol. The van der Waals surface area contributed by atoms with Gasteiger partial charge in [0.05, 0.1) is 27.2 Å². The van der Waals surface area contributed by atoms with Crippen molar-refractivity contribution in [3.05, 3.63) is 54.1 Å². The van der Waals surface area contributed by atoms with Crippen LogP contribution in [0, 0.1) is 0 Å². The van der Waals surface area contributed by atoms with E-state index in [4.69, 9.17) is 14.2 Å². The SMILES string of the molecule is COc1ccc(OCCC(=O)NCCc2ccccc2OC)cc1. The normalized spacial score (nSPS) is 10.1. The van der Waals surface area contributed by atoms with E-state index in [1.807, 2.05) is 48.5 Å². The number of carbonyl (C=O) groups is 1. The molecule has 0 heterocycles. The second kappa shape index (κ2) is 9.45. The number of rotatable bonds is 9. The average Bonchev–Trinajstić information content (AvgIpc) is 2.62. The van der Waals surface area contributed by atoms with Crippen LogP contribution >= 0.6 is 0 Å². The molecule has 0 fully saturated rings. The first-order valence-electron chi connectivity index (χ1n) is 7.88. The summed E-state index contributed by atoms with van der Waals surface area (Å²) in [5.74, 6) is 2.31. The van der Waals surface area contributed by atoms with Gasteiger partial charge in [-0.15, -0.1) is 0 Å². The largest absolute Gasteiger partial charge is 0.497 e. The number of hydrogen-bond donors (Lipinski definition) is 1. The molecule has 1 amide bonds. The Hall–Kier alpha value is -2.69. The van der Waals surface area contributed by atoms with E-state index in [9.17, 15) is 4.79 Å². The molecular formula is C19H23NO4. The second-order valence-electron chi connectivity index (χ2n) is 5.19. The third-order valence-electron chi connectivity index (χ3n) is 3.57. The fourth-order valence-electron chi connectivity index (χ4n) is 2.27. The molecule has 0 saturated carbocycles. The third kappa shape index (κ3) is 5.50. The number of nitrogens with one attached hydrogen (secondary N) is 1. The molecule has 0 bridgehead atoms. The van der Waals surface area contributed by atoms with Crippen LogP contribution in [0.4, 0.5) is 0 Å². The molecule has 128 valence electrons. The van der Waals surface area contributed by atoms with Gasteiger partial charge in [0, 0.05) is 6.54 Å². The van der Waals surface area contributed by atoms with Gasteiger partial charge in [0.15, 0.2) is 0 Å². The molecule has 0 spiro atoms. The summed E-state index contributed by atoms with van der Waals surface area (Å²) in [4.78, 5) is 11.8. The maximum Gasteiger partial charge on any atom is 0.223 e. The molecule has 0 aromatic heterocycles. The Bertz CT molecular complexity index is 640. The minimum absolute atomic E-state index is 0.0293. The van der Waals surface area contributed by atoms with E-state index in [0.29, 0.717) is 19.6 Å². The summed E-state index contributed by atoms with van der Waals surface area (Å²) >= 11 is 0. The quantitative estimate of drug-likeness (QED) is 0.768. The van der Waals surface area contributed by atoms with Gasteiger partial charge < -0.3 is 19.5 Å². The zero-order valence-electron chi connectivity index (χ0n) is 14.1. The van der Waals surface area contributed by atoms with Gasteiger partial charge >= 0.3 is 0 Å². The van der Waals surface area contributed by atoms with Crippen molar-refractivity contribution in [3.63, 3.8) is 0 Å². The smallest absolute Gasteiger partial charge is 0.223 e. The van der Waals surface area contributed by atoms with Crippen molar-refractivity contribution in [2.75, 3.05) is 27.4 Å². The van der Waals surface area contributed by atoms with E-state index in [1.54, 1.807) is 14.2 Å². The highest BCUT2D eigenvalue weighted by Gasteiger charge is 2.04. The Morgan fingerprint density at radius 3 is 2.38 bits per heavy atom. The molecule has 0 atom stereocenters. The Morgan fingerprint density at radius 1 is 0.958 bits per heavy atom. The van der Waals surface area contributed by atoms with Crippen molar-refractivity contribution in [2.45, 2.75) is 12.8 Å². The number of benzene rings is 2. The fourth-order valence-corrected chi connectivity index (χ4v) is 2.27. The lowest BCUT2D eigenvalue weighted by atomic mass is 10.1.